The van der Waals surface area contributed by atoms with Crippen molar-refractivity contribution in [1.82, 2.24) is 28.9 Å². The topological polar surface area (TPSA) is 109 Å². The van der Waals surface area contributed by atoms with Crippen LogP contribution in [0, 0.1) is 0 Å². The molecule has 1 fully saturated rings. The van der Waals surface area contributed by atoms with E-state index in [9.17, 15) is 14.4 Å². The van der Waals surface area contributed by atoms with Gasteiger partial charge in [-0.3, -0.25) is 23.6 Å². The molecule has 0 bridgehead atoms. The molecular weight excluding hydrogens is 460 g/mol. The monoisotopic (exact) mass is 486 g/mol. The fourth-order valence-electron chi connectivity index (χ4n) is 4.63. The molecule has 12 heteroatoms. The van der Waals surface area contributed by atoms with E-state index in [4.69, 9.17) is 11.6 Å². The molecule has 2 aromatic heterocycles. The van der Waals surface area contributed by atoms with Gasteiger partial charge >= 0.3 is 5.69 Å². The normalized spacial score (nSPS) is 18.2. The summed E-state index contributed by atoms with van der Waals surface area (Å²) < 4.78 is 4.07. The SMILES string of the molecule is Cn1c(=O)c2c(nc3n2CC(C(=O)NCCN2CCN(c4cccc(Cl)c4)CC2)N3)n(C)c1=O. The molecule has 1 saturated heterocycles. The van der Waals surface area contributed by atoms with Crippen LogP contribution in [0.25, 0.3) is 11.2 Å². The first-order valence-electron chi connectivity index (χ1n) is 11.3. The molecule has 11 nitrogen and oxygen atoms in total. The van der Waals surface area contributed by atoms with E-state index in [2.05, 4.69) is 31.5 Å². The summed E-state index contributed by atoms with van der Waals surface area (Å²) in [6.45, 7) is 5.21. The van der Waals surface area contributed by atoms with Crippen LogP contribution in [0.15, 0.2) is 33.9 Å². The van der Waals surface area contributed by atoms with Gasteiger partial charge in [0.25, 0.3) is 5.56 Å². The van der Waals surface area contributed by atoms with Crippen molar-refractivity contribution in [3.8, 4) is 0 Å². The highest BCUT2D eigenvalue weighted by Crippen LogP contribution is 2.23. The molecule has 0 spiro atoms. The van der Waals surface area contributed by atoms with E-state index in [-0.39, 0.29) is 12.5 Å². The highest BCUT2D eigenvalue weighted by molar-refractivity contribution is 6.30. The molecule has 2 aliphatic rings. The Bertz CT molecular complexity index is 1370. The fraction of sp³-hybridized carbons (Fsp3) is 0.455. The number of hydrogen-bond acceptors (Lipinski definition) is 7. The number of carbonyl (C=O) groups is 1. The van der Waals surface area contributed by atoms with Crippen molar-refractivity contribution in [2.45, 2.75) is 12.6 Å². The number of anilines is 2. The summed E-state index contributed by atoms with van der Waals surface area (Å²) in [5.41, 5.74) is 0.910. The first-order valence-corrected chi connectivity index (χ1v) is 11.6. The first-order chi connectivity index (χ1) is 16.3. The molecule has 34 heavy (non-hydrogen) atoms. The predicted molar refractivity (Wildman–Crippen MR) is 131 cm³/mol. The molecular formula is C22H27ClN8O3. The third-order valence-corrected chi connectivity index (χ3v) is 6.84. The van der Waals surface area contributed by atoms with Gasteiger partial charge < -0.3 is 20.1 Å². The van der Waals surface area contributed by atoms with Gasteiger partial charge in [-0.1, -0.05) is 17.7 Å². The minimum atomic E-state index is -0.520. The Balaban J connectivity index is 1.14. The van der Waals surface area contributed by atoms with Gasteiger partial charge in [0.1, 0.15) is 6.04 Å². The number of hydrogen-bond donors (Lipinski definition) is 2. The van der Waals surface area contributed by atoms with Gasteiger partial charge in [-0.2, -0.15) is 4.98 Å². The average molecular weight is 487 g/mol. The zero-order chi connectivity index (χ0) is 24.0. The molecule has 180 valence electrons. The van der Waals surface area contributed by atoms with Gasteiger partial charge in [-0.05, 0) is 18.2 Å². The number of piperazine rings is 1. The number of amides is 1. The molecule has 0 radical (unpaired) electrons. The Morgan fingerprint density at radius 2 is 1.94 bits per heavy atom. The lowest BCUT2D eigenvalue weighted by molar-refractivity contribution is -0.121. The highest BCUT2D eigenvalue weighted by atomic mass is 35.5. The molecule has 1 aromatic carbocycles. The van der Waals surface area contributed by atoms with Gasteiger partial charge in [0.2, 0.25) is 11.9 Å². The Labute approximate surface area is 200 Å². The molecule has 0 saturated carbocycles. The van der Waals surface area contributed by atoms with Gasteiger partial charge in [0.15, 0.2) is 11.2 Å². The van der Waals surface area contributed by atoms with Crippen molar-refractivity contribution in [2.24, 2.45) is 14.1 Å². The second-order valence-electron chi connectivity index (χ2n) is 8.72. The number of aromatic nitrogens is 4. The maximum absolute atomic E-state index is 12.7. The molecule has 2 N–H and O–H groups in total. The largest absolute Gasteiger partial charge is 0.369 e. The quantitative estimate of drug-likeness (QED) is 0.515. The summed E-state index contributed by atoms with van der Waals surface area (Å²) in [6, 6.07) is 7.37. The number of carbonyl (C=O) groups excluding carboxylic acids is 1. The molecule has 0 aliphatic carbocycles. The van der Waals surface area contributed by atoms with Gasteiger partial charge in [0, 0.05) is 64.1 Å². The summed E-state index contributed by atoms with van der Waals surface area (Å²) in [4.78, 5) is 46.5. The average Bonchev–Trinajstić information content (AvgIpc) is 3.40. The molecule has 3 aromatic rings. The molecule has 1 atom stereocenters. The number of rotatable bonds is 5. The minimum Gasteiger partial charge on any atom is -0.369 e. The molecule has 2 aliphatic heterocycles. The van der Waals surface area contributed by atoms with Crippen molar-refractivity contribution >= 4 is 40.3 Å². The summed E-state index contributed by atoms with van der Waals surface area (Å²) in [5, 5.41) is 6.81. The van der Waals surface area contributed by atoms with Gasteiger partial charge in [-0.15, -0.1) is 0 Å². The molecule has 4 heterocycles. The van der Waals surface area contributed by atoms with E-state index in [0.717, 1.165) is 48.0 Å². The van der Waals surface area contributed by atoms with E-state index in [1.807, 2.05) is 18.2 Å². The fourth-order valence-corrected chi connectivity index (χ4v) is 4.81. The Kier molecular flexibility index (Phi) is 5.82. The first kappa shape index (κ1) is 22.5. The van der Waals surface area contributed by atoms with Crippen molar-refractivity contribution in [2.75, 3.05) is 49.5 Å². The molecule has 5 rings (SSSR count). The second kappa shape index (κ2) is 8.80. The van der Waals surface area contributed by atoms with E-state index < -0.39 is 17.3 Å². The number of fused-ring (bicyclic) bond motifs is 3. The van der Waals surface area contributed by atoms with Crippen LogP contribution >= 0.6 is 11.6 Å². The second-order valence-corrected chi connectivity index (χ2v) is 9.16. The van der Waals surface area contributed by atoms with Crippen molar-refractivity contribution < 1.29 is 4.79 Å². The van der Waals surface area contributed by atoms with E-state index in [0.29, 0.717) is 23.7 Å². The minimum absolute atomic E-state index is 0.141. The predicted octanol–water partition coefficient (Wildman–Crippen LogP) is -0.180. The third kappa shape index (κ3) is 3.94. The van der Waals surface area contributed by atoms with E-state index in [1.54, 1.807) is 11.6 Å². The summed E-state index contributed by atoms with van der Waals surface area (Å²) in [7, 11) is 3.01. The lowest BCUT2D eigenvalue weighted by Gasteiger charge is -2.36. The number of benzene rings is 1. The lowest BCUT2D eigenvalue weighted by Crippen LogP contribution is -2.49. The van der Waals surface area contributed by atoms with Crippen LogP contribution in [0.3, 0.4) is 0 Å². The van der Waals surface area contributed by atoms with E-state index in [1.165, 1.54) is 11.6 Å². The van der Waals surface area contributed by atoms with Crippen LogP contribution in [0.4, 0.5) is 11.6 Å². The number of nitrogens with one attached hydrogen (secondary N) is 2. The van der Waals surface area contributed by atoms with E-state index >= 15 is 0 Å². The zero-order valence-corrected chi connectivity index (χ0v) is 19.9. The van der Waals surface area contributed by atoms with Crippen molar-refractivity contribution in [3.05, 3.63) is 50.1 Å². The van der Waals surface area contributed by atoms with Crippen LogP contribution in [0.2, 0.25) is 5.02 Å². The van der Waals surface area contributed by atoms with Crippen LogP contribution in [-0.4, -0.2) is 74.8 Å². The Hall–Kier alpha value is -3.31. The van der Waals surface area contributed by atoms with Crippen LogP contribution in [0.5, 0.6) is 0 Å². The lowest BCUT2D eigenvalue weighted by atomic mass is 10.2. The molecule has 1 amide bonds. The number of imidazole rings is 1. The Morgan fingerprint density at radius 1 is 1.18 bits per heavy atom. The zero-order valence-electron chi connectivity index (χ0n) is 19.1. The van der Waals surface area contributed by atoms with Gasteiger partial charge in [-0.25, -0.2) is 4.79 Å². The summed E-state index contributed by atoms with van der Waals surface area (Å²) in [5.74, 6) is 0.281. The number of aryl methyl sites for hydroxylation is 1. The van der Waals surface area contributed by atoms with Crippen molar-refractivity contribution in [1.29, 1.82) is 0 Å². The van der Waals surface area contributed by atoms with Gasteiger partial charge in [0.05, 0.1) is 6.54 Å². The van der Waals surface area contributed by atoms with Crippen LogP contribution < -0.4 is 26.8 Å². The number of halogens is 1. The smallest absolute Gasteiger partial charge is 0.332 e. The third-order valence-electron chi connectivity index (χ3n) is 6.61. The summed E-state index contributed by atoms with van der Waals surface area (Å²) >= 11 is 6.11. The summed E-state index contributed by atoms with van der Waals surface area (Å²) in [6.07, 6.45) is 0. The number of nitrogens with zero attached hydrogens (tertiary/aromatic N) is 6. The molecule has 1 unspecified atom stereocenters. The van der Waals surface area contributed by atoms with Crippen LogP contribution in [0.1, 0.15) is 0 Å². The van der Waals surface area contributed by atoms with Crippen LogP contribution in [-0.2, 0) is 25.4 Å². The maximum Gasteiger partial charge on any atom is 0.332 e. The Morgan fingerprint density at radius 3 is 2.68 bits per heavy atom. The highest BCUT2D eigenvalue weighted by Gasteiger charge is 2.31. The standard InChI is InChI=1S/C22H27ClN8O3/c1-27-18-17(20(33)28(2)22(27)34)31-13-16(25-21(31)26-18)19(32)24-6-7-29-8-10-30(11-9-29)15-5-3-4-14(23)12-15/h3-5,12,16H,6-11,13H2,1-2H3,(H,24,32)(H,25,26). The van der Waals surface area contributed by atoms with Crippen molar-refractivity contribution in [3.63, 3.8) is 0 Å². The maximum atomic E-state index is 12.7.